The van der Waals surface area contributed by atoms with Crippen LogP contribution in [0, 0.1) is 0 Å². The molecule has 0 atom stereocenters. The van der Waals surface area contributed by atoms with Crippen molar-refractivity contribution in [2.45, 2.75) is 6.42 Å². The van der Waals surface area contributed by atoms with Gasteiger partial charge in [0.1, 0.15) is 5.69 Å². The van der Waals surface area contributed by atoms with Crippen LogP contribution in [-0.2, 0) is 4.84 Å². The number of carbonyl (C=O) groups is 1. The van der Waals surface area contributed by atoms with E-state index in [4.69, 9.17) is 10.6 Å². The first-order valence-corrected chi connectivity index (χ1v) is 4.16. The van der Waals surface area contributed by atoms with E-state index in [1.807, 2.05) is 0 Å². The maximum atomic E-state index is 11.6. The highest BCUT2D eigenvalue weighted by Gasteiger charge is 2.21. The zero-order chi connectivity index (χ0) is 9.26. The number of hydroxylamine groups is 2. The second-order valence-electron chi connectivity index (χ2n) is 2.94. The summed E-state index contributed by atoms with van der Waals surface area (Å²) in [6.07, 6.45) is 2.48. The molecule has 0 aromatic carbocycles. The average molecular weight is 181 g/mol. The summed E-state index contributed by atoms with van der Waals surface area (Å²) in [6.45, 7) is 1.26. The van der Waals surface area contributed by atoms with Crippen LogP contribution in [0.15, 0.2) is 12.3 Å². The number of hydrogen-bond acceptors (Lipinski definition) is 3. The molecule has 1 aromatic rings. The third-order valence-corrected chi connectivity index (χ3v) is 1.91. The second-order valence-corrected chi connectivity index (χ2v) is 2.94. The molecule has 5 nitrogen and oxygen atoms in total. The van der Waals surface area contributed by atoms with Gasteiger partial charge in [0.05, 0.1) is 13.2 Å². The predicted molar refractivity (Wildman–Crippen MR) is 46.8 cm³/mol. The van der Waals surface area contributed by atoms with E-state index < -0.39 is 0 Å². The Morgan fingerprint density at radius 2 is 2.54 bits per heavy atom. The number of amides is 1. The van der Waals surface area contributed by atoms with Crippen LogP contribution in [-0.4, -0.2) is 29.1 Å². The normalized spacial score (nSPS) is 16.5. The molecule has 2 rings (SSSR count). The molecule has 0 radical (unpaired) electrons. The van der Waals surface area contributed by atoms with E-state index in [1.54, 1.807) is 12.3 Å². The average Bonchev–Trinajstić information content (AvgIpc) is 2.72. The Morgan fingerprint density at radius 1 is 1.69 bits per heavy atom. The molecule has 13 heavy (non-hydrogen) atoms. The van der Waals surface area contributed by atoms with Gasteiger partial charge in [-0.25, -0.2) is 5.06 Å². The van der Waals surface area contributed by atoms with Crippen molar-refractivity contribution in [3.63, 3.8) is 0 Å². The molecule has 1 aliphatic heterocycles. The molecule has 1 aromatic heterocycles. The van der Waals surface area contributed by atoms with Crippen molar-refractivity contribution in [3.8, 4) is 0 Å². The minimum atomic E-state index is -0.158. The molecular formula is C8H11N3O2. The third kappa shape index (κ3) is 1.50. The third-order valence-electron chi connectivity index (χ3n) is 1.91. The zero-order valence-corrected chi connectivity index (χ0v) is 7.12. The van der Waals surface area contributed by atoms with E-state index >= 15 is 0 Å². The lowest BCUT2D eigenvalue weighted by molar-refractivity contribution is -0.0771. The molecule has 0 saturated carbocycles. The van der Waals surface area contributed by atoms with Crippen molar-refractivity contribution in [1.82, 2.24) is 10.0 Å². The fraction of sp³-hybridized carbons (Fsp3) is 0.375. The van der Waals surface area contributed by atoms with E-state index in [0.29, 0.717) is 24.5 Å². The molecule has 0 bridgehead atoms. The highest BCUT2D eigenvalue weighted by atomic mass is 16.7. The molecule has 0 unspecified atom stereocenters. The van der Waals surface area contributed by atoms with Crippen LogP contribution in [0.25, 0.3) is 0 Å². The van der Waals surface area contributed by atoms with Gasteiger partial charge in [-0.3, -0.25) is 9.63 Å². The molecule has 2 heterocycles. The highest BCUT2D eigenvalue weighted by molar-refractivity contribution is 5.92. The maximum absolute atomic E-state index is 11.6. The minimum Gasteiger partial charge on any atom is -0.397 e. The predicted octanol–water partition coefficient (Wildman–Crippen LogP) is 0.374. The van der Waals surface area contributed by atoms with Crippen molar-refractivity contribution >= 4 is 11.6 Å². The van der Waals surface area contributed by atoms with Gasteiger partial charge in [-0.1, -0.05) is 0 Å². The van der Waals surface area contributed by atoms with Gasteiger partial charge in [-0.2, -0.15) is 0 Å². The van der Waals surface area contributed by atoms with Gasteiger partial charge in [0, 0.05) is 11.9 Å². The van der Waals surface area contributed by atoms with E-state index in [9.17, 15) is 4.79 Å². The monoisotopic (exact) mass is 181 g/mol. The highest BCUT2D eigenvalue weighted by Crippen LogP contribution is 2.12. The first-order valence-electron chi connectivity index (χ1n) is 4.16. The standard InChI is InChI=1S/C8H11N3O2/c9-6-4-7(10-5-6)8(12)11-2-1-3-13-11/h4-5,10H,1-3,9H2. The van der Waals surface area contributed by atoms with Gasteiger partial charge in [0.25, 0.3) is 5.91 Å². The Bertz CT molecular complexity index is 315. The number of aromatic amines is 1. The van der Waals surface area contributed by atoms with Gasteiger partial charge in [-0.05, 0) is 12.5 Å². The molecule has 1 fully saturated rings. The second kappa shape index (κ2) is 3.10. The SMILES string of the molecule is Nc1c[nH]c(C(=O)N2CCCO2)c1. The Kier molecular flexibility index (Phi) is 1.94. The smallest absolute Gasteiger partial charge is 0.293 e. The summed E-state index contributed by atoms with van der Waals surface area (Å²) in [6, 6.07) is 1.60. The lowest BCUT2D eigenvalue weighted by atomic mass is 10.4. The molecular weight excluding hydrogens is 170 g/mol. The molecule has 1 saturated heterocycles. The lowest BCUT2D eigenvalue weighted by Gasteiger charge is -2.11. The Morgan fingerprint density at radius 3 is 3.08 bits per heavy atom. The van der Waals surface area contributed by atoms with Crippen molar-refractivity contribution in [3.05, 3.63) is 18.0 Å². The number of rotatable bonds is 1. The van der Waals surface area contributed by atoms with E-state index in [1.165, 1.54) is 5.06 Å². The number of nitrogens with one attached hydrogen (secondary N) is 1. The molecule has 70 valence electrons. The zero-order valence-electron chi connectivity index (χ0n) is 7.12. The van der Waals surface area contributed by atoms with Crippen molar-refractivity contribution in [2.75, 3.05) is 18.9 Å². The molecule has 0 aliphatic carbocycles. The molecule has 3 N–H and O–H groups in total. The van der Waals surface area contributed by atoms with Crippen LogP contribution >= 0.6 is 0 Å². The molecule has 1 amide bonds. The summed E-state index contributed by atoms with van der Waals surface area (Å²) in [5.74, 6) is -0.158. The summed E-state index contributed by atoms with van der Waals surface area (Å²) in [5.41, 5.74) is 6.50. The van der Waals surface area contributed by atoms with Crippen molar-refractivity contribution in [2.24, 2.45) is 0 Å². The summed E-state index contributed by atoms with van der Waals surface area (Å²) >= 11 is 0. The Hall–Kier alpha value is -1.49. The van der Waals surface area contributed by atoms with Crippen LogP contribution in [0.1, 0.15) is 16.9 Å². The van der Waals surface area contributed by atoms with Gasteiger partial charge < -0.3 is 10.7 Å². The number of nitrogen functional groups attached to an aromatic ring is 1. The topological polar surface area (TPSA) is 71.4 Å². The minimum absolute atomic E-state index is 0.158. The van der Waals surface area contributed by atoms with Crippen LogP contribution in [0.3, 0.4) is 0 Å². The van der Waals surface area contributed by atoms with Crippen LogP contribution in [0.4, 0.5) is 5.69 Å². The summed E-state index contributed by atoms with van der Waals surface area (Å²) in [7, 11) is 0. The van der Waals surface area contributed by atoms with Gasteiger partial charge in [0.15, 0.2) is 0 Å². The quantitative estimate of drug-likeness (QED) is 0.657. The number of carbonyl (C=O) groups excluding carboxylic acids is 1. The fourth-order valence-electron chi connectivity index (χ4n) is 1.28. The Labute approximate surface area is 75.4 Å². The number of H-pyrrole nitrogens is 1. The van der Waals surface area contributed by atoms with Crippen LogP contribution < -0.4 is 5.73 Å². The van der Waals surface area contributed by atoms with E-state index in [-0.39, 0.29) is 5.91 Å². The van der Waals surface area contributed by atoms with Gasteiger partial charge in [0.2, 0.25) is 0 Å². The number of anilines is 1. The summed E-state index contributed by atoms with van der Waals surface area (Å²) < 4.78 is 0. The number of hydrogen-bond donors (Lipinski definition) is 2. The van der Waals surface area contributed by atoms with Crippen LogP contribution in [0.2, 0.25) is 0 Å². The maximum Gasteiger partial charge on any atom is 0.293 e. The summed E-state index contributed by atoms with van der Waals surface area (Å²) in [4.78, 5) is 19.5. The molecule has 1 aliphatic rings. The number of aromatic nitrogens is 1. The first kappa shape index (κ1) is 8.12. The van der Waals surface area contributed by atoms with Crippen molar-refractivity contribution in [1.29, 1.82) is 0 Å². The number of nitrogens with zero attached hydrogens (tertiary/aromatic N) is 1. The first-order chi connectivity index (χ1) is 6.27. The molecule has 0 spiro atoms. The Balaban J connectivity index is 2.12. The molecule has 5 heteroatoms. The number of nitrogens with two attached hydrogens (primary N) is 1. The van der Waals surface area contributed by atoms with E-state index in [2.05, 4.69) is 4.98 Å². The van der Waals surface area contributed by atoms with Crippen LogP contribution in [0.5, 0.6) is 0 Å². The summed E-state index contributed by atoms with van der Waals surface area (Å²) in [5, 5.41) is 1.35. The fourth-order valence-corrected chi connectivity index (χ4v) is 1.28. The lowest BCUT2D eigenvalue weighted by Crippen LogP contribution is -2.26. The van der Waals surface area contributed by atoms with Crippen molar-refractivity contribution < 1.29 is 9.63 Å². The van der Waals surface area contributed by atoms with Gasteiger partial charge in [-0.15, -0.1) is 0 Å². The van der Waals surface area contributed by atoms with Gasteiger partial charge >= 0.3 is 0 Å². The largest absolute Gasteiger partial charge is 0.397 e. The van der Waals surface area contributed by atoms with E-state index in [0.717, 1.165) is 6.42 Å².